The van der Waals surface area contributed by atoms with Gasteiger partial charge in [0.1, 0.15) is 5.01 Å². The second-order valence-corrected chi connectivity index (χ2v) is 6.86. The highest BCUT2D eigenvalue weighted by Crippen LogP contribution is 2.38. The van der Waals surface area contributed by atoms with Gasteiger partial charge in [-0.05, 0) is 23.9 Å². The maximum absolute atomic E-state index is 12.6. The zero-order valence-electron chi connectivity index (χ0n) is 12.4. The van der Waals surface area contributed by atoms with Crippen molar-refractivity contribution in [2.24, 2.45) is 0 Å². The first kappa shape index (κ1) is 17.4. The number of anilines is 1. The zero-order valence-corrected chi connectivity index (χ0v) is 14.1. The molecular weight excluding hydrogens is 371 g/mol. The summed E-state index contributed by atoms with van der Waals surface area (Å²) in [5.41, 5.74) is -3.70. The smallest absolute Gasteiger partial charge is 0.296 e. The number of carbonyl (C=O) groups is 1. The Hall–Kier alpha value is -2.39. The first-order valence-corrected chi connectivity index (χ1v) is 8.61. The molecule has 1 aromatic heterocycles. The van der Waals surface area contributed by atoms with E-state index in [1.54, 1.807) is 0 Å². The molecule has 128 valence electrons. The number of nitrogens with one attached hydrogen (secondary N) is 1. The molecule has 0 aliphatic heterocycles. The van der Waals surface area contributed by atoms with Crippen LogP contribution in [0.5, 0.6) is 0 Å². The molecule has 1 amide bonds. The molecule has 2 aromatic carbocycles. The first-order valence-electron chi connectivity index (χ1n) is 6.97. The van der Waals surface area contributed by atoms with Gasteiger partial charge in [-0.2, -0.15) is 13.2 Å². The summed E-state index contributed by atoms with van der Waals surface area (Å²) in [5.74, 6) is -0.664. The van der Waals surface area contributed by atoms with E-state index in [0.717, 1.165) is 16.9 Å². The number of hydrogen-bond donors (Lipinski definition) is 1. The SMILES string of the molecule is O=C(Nc1nnc(-c2ccccc2)s1)c1ccccc1SC(F)(F)F. The highest BCUT2D eigenvalue weighted by Gasteiger charge is 2.31. The average molecular weight is 381 g/mol. The number of thioether (sulfide) groups is 1. The number of carbonyl (C=O) groups excluding carboxylic acids is 1. The van der Waals surface area contributed by atoms with Crippen LogP contribution in [0.1, 0.15) is 10.4 Å². The molecule has 0 unspecified atom stereocenters. The molecule has 0 saturated heterocycles. The van der Waals surface area contributed by atoms with Gasteiger partial charge in [0.2, 0.25) is 5.13 Å². The van der Waals surface area contributed by atoms with Crippen LogP contribution in [0.2, 0.25) is 0 Å². The molecular formula is C16H10F3N3OS2. The first-order chi connectivity index (χ1) is 11.9. The molecule has 1 heterocycles. The summed E-state index contributed by atoms with van der Waals surface area (Å²) in [6.45, 7) is 0. The molecule has 3 rings (SSSR count). The molecule has 0 fully saturated rings. The number of halogens is 3. The van der Waals surface area contributed by atoms with E-state index in [9.17, 15) is 18.0 Å². The monoisotopic (exact) mass is 381 g/mol. The molecule has 4 nitrogen and oxygen atoms in total. The minimum absolute atomic E-state index is 0.0683. The van der Waals surface area contributed by atoms with Crippen molar-refractivity contribution in [1.29, 1.82) is 0 Å². The second-order valence-electron chi connectivity index (χ2n) is 4.78. The van der Waals surface area contributed by atoms with Gasteiger partial charge in [0.15, 0.2) is 0 Å². The topological polar surface area (TPSA) is 54.9 Å². The lowest BCUT2D eigenvalue weighted by atomic mass is 10.2. The normalized spacial score (nSPS) is 11.3. The fourth-order valence-corrected chi connectivity index (χ4v) is 3.41. The van der Waals surface area contributed by atoms with E-state index in [1.165, 1.54) is 24.3 Å². The number of amides is 1. The number of rotatable bonds is 4. The second kappa shape index (κ2) is 7.24. The quantitative estimate of drug-likeness (QED) is 0.641. The van der Waals surface area contributed by atoms with Gasteiger partial charge < -0.3 is 0 Å². The van der Waals surface area contributed by atoms with Gasteiger partial charge in [-0.1, -0.05) is 53.8 Å². The lowest BCUT2D eigenvalue weighted by Crippen LogP contribution is -2.14. The average Bonchev–Trinajstić information content (AvgIpc) is 3.03. The van der Waals surface area contributed by atoms with E-state index in [4.69, 9.17) is 0 Å². The molecule has 3 aromatic rings. The minimum Gasteiger partial charge on any atom is -0.296 e. The third-order valence-corrected chi connectivity index (χ3v) is 4.72. The van der Waals surface area contributed by atoms with Gasteiger partial charge in [-0.3, -0.25) is 10.1 Å². The van der Waals surface area contributed by atoms with Gasteiger partial charge >= 0.3 is 5.51 Å². The van der Waals surface area contributed by atoms with Crippen LogP contribution in [-0.4, -0.2) is 21.6 Å². The highest BCUT2D eigenvalue weighted by molar-refractivity contribution is 8.00. The van der Waals surface area contributed by atoms with Gasteiger partial charge in [0.05, 0.1) is 5.56 Å². The van der Waals surface area contributed by atoms with Crippen LogP contribution in [0.3, 0.4) is 0 Å². The predicted molar refractivity (Wildman–Crippen MR) is 91.7 cm³/mol. The Morgan fingerprint density at radius 1 is 1.00 bits per heavy atom. The van der Waals surface area contributed by atoms with Crippen molar-refractivity contribution in [3.05, 3.63) is 60.2 Å². The Morgan fingerprint density at radius 3 is 2.40 bits per heavy atom. The summed E-state index contributed by atoms with van der Waals surface area (Å²) in [4.78, 5) is 12.1. The van der Waals surface area contributed by atoms with E-state index < -0.39 is 11.4 Å². The van der Waals surface area contributed by atoms with Crippen LogP contribution in [0, 0.1) is 0 Å². The Balaban J connectivity index is 1.79. The van der Waals surface area contributed by atoms with E-state index in [0.29, 0.717) is 5.01 Å². The van der Waals surface area contributed by atoms with Crippen molar-refractivity contribution >= 4 is 34.1 Å². The largest absolute Gasteiger partial charge is 0.446 e. The number of alkyl halides is 3. The fraction of sp³-hybridized carbons (Fsp3) is 0.0625. The standard InChI is InChI=1S/C16H10F3N3OS2/c17-16(18,19)25-12-9-5-4-8-11(12)13(23)20-15-22-21-14(24-15)10-6-2-1-3-7-10/h1-9H,(H,20,22,23). The summed E-state index contributed by atoms with van der Waals surface area (Å²) in [5, 5.41) is 11.2. The molecule has 0 atom stereocenters. The fourth-order valence-electron chi connectivity index (χ4n) is 2.00. The Kier molecular flexibility index (Phi) is 5.05. The van der Waals surface area contributed by atoms with Gasteiger partial charge in [-0.25, -0.2) is 0 Å². The molecule has 0 radical (unpaired) electrons. The minimum atomic E-state index is -4.47. The summed E-state index contributed by atoms with van der Waals surface area (Å²) in [6, 6.07) is 14.8. The third kappa shape index (κ3) is 4.58. The Bertz CT molecular complexity index is 882. The highest BCUT2D eigenvalue weighted by atomic mass is 32.2. The molecule has 1 N–H and O–H groups in total. The lowest BCUT2D eigenvalue weighted by molar-refractivity contribution is -0.0328. The van der Waals surface area contributed by atoms with Crippen LogP contribution in [0.4, 0.5) is 18.3 Å². The van der Waals surface area contributed by atoms with Crippen molar-refractivity contribution in [1.82, 2.24) is 10.2 Å². The summed E-state index contributed by atoms with van der Waals surface area (Å²) in [7, 11) is 0. The summed E-state index contributed by atoms with van der Waals surface area (Å²) < 4.78 is 37.8. The lowest BCUT2D eigenvalue weighted by Gasteiger charge is -2.10. The van der Waals surface area contributed by atoms with Crippen molar-refractivity contribution in [3.8, 4) is 10.6 Å². The number of benzene rings is 2. The molecule has 0 bridgehead atoms. The maximum Gasteiger partial charge on any atom is 0.446 e. The van der Waals surface area contributed by atoms with Crippen LogP contribution in [-0.2, 0) is 0 Å². The number of hydrogen-bond acceptors (Lipinski definition) is 5. The van der Waals surface area contributed by atoms with E-state index >= 15 is 0 Å². The van der Waals surface area contributed by atoms with E-state index in [1.807, 2.05) is 30.3 Å². The van der Waals surface area contributed by atoms with Crippen LogP contribution >= 0.6 is 23.1 Å². The third-order valence-electron chi connectivity index (χ3n) is 3.02. The van der Waals surface area contributed by atoms with Crippen LogP contribution in [0.25, 0.3) is 10.6 Å². The van der Waals surface area contributed by atoms with E-state index in [2.05, 4.69) is 15.5 Å². The van der Waals surface area contributed by atoms with Gasteiger partial charge in [0.25, 0.3) is 5.91 Å². The van der Waals surface area contributed by atoms with Crippen molar-refractivity contribution in [2.45, 2.75) is 10.4 Å². The molecule has 0 aliphatic carbocycles. The van der Waals surface area contributed by atoms with Gasteiger partial charge in [0, 0.05) is 10.5 Å². The predicted octanol–water partition coefficient (Wildman–Crippen LogP) is 5.07. The molecule has 0 aliphatic rings. The van der Waals surface area contributed by atoms with E-state index in [-0.39, 0.29) is 27.4 Å². The van der Waals surface area contributed by atoms with Crippen LogP contribution < -0.4 is 5.32 Å². The Morgan fingerprint density at radius 2 is 1.68 bits per heavy atom. The zero-order chi connectivity index (χ0) is 17.9. The molecule has 0 spiro atoms. The number of aromatic nitrogens is 2. The number of nitrogens with zero attached hydrogens (tertiary/aromatic N) is 2. The van der Waals surface area contributed by atoms with Gasteiger partial charge in [-0.15, -0.1) is 10.2 Å². The Labute approximate surface area is 149 Å². The van der Waals surface area contributed by atoms with Crippen molar-refractivity contribution in [2.75, 3.05) is 5.32 Å². The van der Waals surface area contributed by atoms with Crippen LogP contribution in [0.15, 0.2) is 59.5 Å². The summed E-state index contributed by atoms with van der Waals surface area (Å²) in [6.07, 6.45) is 0. The molecule has 0 saturated carbocycles. The molecule has 9 heteroatoms. The molecule has 25 heavy (non-hydrogen) atoms. The van der Waals surface area contributed by atoms with Crippen molar-refractivity contribution in [3.63, 3.8) is 0 Å². The maximum atomic E-state index is 12.6. The van der Waals surface area contributed by atoms with Crippen molar-refractivity contribution < 1.29 is 18.0 Å². The summed E-state index contributed by atoms with van der Waals surface area (Å²) >= 11 is 0.820.